The highest BCUT2D eigenvalue weighted by Crippen LogP contribution is 2.28. The topological polar surface area (TPSA) is 12.0 Å². The first-order chi connectivity index (χ1) is 7.04. The summed E-state index contributed by atoms with van der Waals surface area (Å²) in [5.74, 6) is 0. The van der Waals surface area contributed by atoms with Gasteiger partial charge in [0.1, 0.15) is 0 Å². The van der Waals surface area contributed by atoms with Gasteiger partial charge >= 0.3 is 0 Å². The molecule has 0 fully saturated rings. The Hall–Kier alpha value is -0.600. The van der Waals surface area contributed by atoms with Gasteiger partial charge in [0, 0.05) is 10.5 Å². The van der Waals surface area contributed by atoms with Crippen LogP contribution in [0.5, 0.6) is 0 Å². The standard InChI is InChI=1S/C13H18BrN/c1-9(2)7-13(15-4)11-8-10(3)5-6-12(11)14/h5-6,8,13,15H,1,7H2,2-4H3. The van der Waals surface area contributed by atoms with Crippen LogP contribution in [0.3, 0.4) is 0 Å². The maximum Gasteiger partial charge on any atom is 0.0366 e. The highest BCUT2D eigenvalue weighted by atomic mass is 79.9. The summed E-state index contributed by atoms with van der Waals surface area (Å²) in [4.78, 5) is 0. The van der Waals surface area contributed by atoms with Gasteiger partial charge in [0.15, 0.2) is 0 Å². The Morgan fingerprint density at radius 2 is 2.20 bits per heavy atom. The maximum absolute atomic E-state index is 3.97. The molecule has 1 rings (SSSR count). The number of hydrogen-bond acceptors (Lipinski definition) is 1. The third-order valence-electron chi connectivity index (χ3n) is 2.43. The van der Waals surface area contributed by atoms with Crippen LogP contribution >= 0.6 is 15.9 Å². The fourth-order valence-electron chi connectivity index (χ4n) is 1.65. The van der Waals surface area contributed by atoms with E-state index < -0.39 is 0 Å². The lowest BCUT2D eigenvalue weighted by Gasteiger charge is -2.18. The first-order valence-corrected chi connectivity index (χ1v) is 5.91. The first-order valence-electron chi connectivity index (χ1n) is 5.12. The van der Waals surface area contributed by atoms with Crippen molar-refractivity contribution in [1.82, 2.24) is 5.32 Å². The molecule has 0 aliphatic carbocycles. The Balaban J connectivity index is 3.00. The summed E-state index contributed by atoms with van der Waals surface area (Å²) in [6.45, 7) is 8.14. The molecule has 15 heavy (non-hydrogen) atoms. The Bertz CT molecular complexity index is 358. The predicted octanol–water partition coefficient (Wildman–Crippen LogP) is 3.98. The second-order valence-electron chi connectivity index (χ2n) is 4.03. The van der Waals surface area contributed by atoms with Gasteiger partial charge in [-0.1, -0.05) is 39.2 Å². The van der Waals surface area contributed by atoms with Gasteiger partial charge in [-0.05, 0) is 38.9 Å². The van der Waals surface area contributed by atoms with Crippen LogP contribution in [-0.4, -0.2) is 7.05 Å². The van der Waals surface area contributed by atoms with Crippen LogP contribution in [0, 0.1) is 6.92 Å². The van der Waals surface area contributed by atoms with E-state index in [9.17, 15) is 0 Å². The summed E-state index contributed by atoms with van der Waals surface area (Å²) in [5, 5.41) is 3.33. The van der Waals surface area contributed by atoms with Crippen molar-refractivity contribution in [2.75, 3.05) is 7.05 Å². The van der Waals surface area contributed by atoms with Crippen molar-refractivity contribution in [2.24, 2.45) is 0 Å². The summed E-state index contributed by atoms with van der Waals surface area (Å²) in [5.41, 5.74) is 3.79. The largest absolute Gasteiger partial charge is 0.313 e. The van der Waals surface area contributed by atoms with E-state index in [1.807, 2.05) is 7.05 Å². The molecule has 0 aromatic heterocycles. The van der Waals surface area contributed by atoms with Crippen LogP contribution in [0.4, 0.5) is 0 Å². The lowest BCUT2D eigenvalue weighted by Crippen LogP contribution is -2.17. The zero-order valence-electron chi connectivity index (χ0n) is 9.60. The summed E-state index contributed by atoms with van der Waals surface area (Å²) in [6.07, 6.45) is 0.971. The molecule has 0 saturated carbocycles. The Morgan fingerprint density at radius 3 is 2.73 bits per heavy atom. The fourth-order valence-corrected chi connectivity index (χ4v) is 2.17. The van der Waals surface area contributed by atoms with E-state index in [1.165, 1.54) is 16.7 Å². The zero-order valence-corrected chi connectivity index (χ0v) is 11.2. The van der Waals surface area contributed by atoms with Gasteiger partial charge in [-0.15, -0.1) is 6.58 Å². The highest BCUT2D eigenvalue weighted by Gasteiger charge is 2.12. The normalized spacial score (nSPS) is 12.5. The van der Waals surface area contributed by atoms with Crippen LogP contribution in [0.25, 0.3) is 0 Å². The number of benzene rings is 1. The molecule has 1 unspecified atom stereocenters. The van der Waals surface area contributed by atoms with Crippen LogP contribution in [0.15, 0.2) is 34.8 Å². The first kappa shape index (κ1) is 12.5. The van der Waals surface area contributed by atoms with E-state index in [-0.39, 0.29) is 0 Å². The number of aryl methyl sites for hydroxylation is 1. The van der Waals surface area contributed by atoms with Crippen molar-refractivity contribution in [3.63, 3.8) is 0 Å². The van der Waals surface area contributed by atoms with Crippen molar-refractivity contribution in [1.29, 1.82) is 0 Å². The highest BCUT2D eigenvalue weighted by molar-refractivity contribution is 9.10. The zero-order chi connectivity index (χ0) is 11.4. The molecule has 82 valence electrons. The van der Waals surface area contributed by atoms with E-state index in [2.05, 4.69) is 59.9 Å². The lowest BCUT2D eigenvalue weighted by atomic mass is 9.99. The molecule has 0 bridgehead atoms. The van der Waals surface area contributed by atoms with Crippen molar-refractivity contribution in [2.45, 2.75) is 26.3 Å². The molecule has 2 heteroatoms. The molecule has 0 heterocycles. The third-order valence-corrected chi connectivity index (χ3v) is 3.15. The van der Waals surface area contributed by atoms with Gasteiger partial charge in [-0.2, -0.15) is 0 Å². The Labute approximate surface area is 101 Å². The lowest BCUT2D eigenvalue weighted by molar-refractivity contribution is 0.587. The smallest absolute Gasteiger partial charge is 0.0366 e. The van der Waals surface area contributed by atoms with Crippen molar-refractivity contribution < 1.29 is 0 Å². The van der Waals surface area contributed by atoms with Crippen molar-refractivity contribution in [3.8, 4) is 0 Å². The molecule has 1 atom stereocenters. The van der Waals surface area contributed by atoms with E-state index in [1.54, 1.807) is 0 Å². The third kappa shape index (κ3) is 3.47. The molecule has 0 saturated heterocycles. The molecule has 1 aromatic carbocycles. The summed E-state index contributed by atoms with van der Waals surface area (Å²) in [6, 6.07) is 6.78. The molecule has 0 radical (unpaired) electrons. The molecular formula is C13H18BrN. The van der Waals surface area contributed by atoms with Gasteiger partial charge in [-0.3, -0.25) is 0 Å². The molecule has 1 nitrogen and oxygen atoms in total. The molecule has 0 amide bonds. The SMILES string of the molecule is C=C(C)CC(NC)c1cc(C)ccc1Br. The molecular weight excluding hydrogens is 250 g/mol. The summed E-state index contributed by atoms with van der Waals surface area (Å²) >= 11 is 3.59. The van der Waals surface area contributed by atoms with Gasteiger partial charge in [0.2, 0.25) is 0 Å². The van der Waals surface area contributed by atoms with Gasteiger partial charge in [-0.25, -0.2) is 0 Å². The minimum absolute atomic E-state index is 0.344. The van der Waals surface area contributed by atoms with Crippen LogP contribution in [0.2, 0.25) is 0 Å². The predicted molar refractivity (Wildman–Crippen MR) is 70.1 cm³/mol. The van der Waals surface area contributed by atoms with Gasteiger partial charge < -0.3 is 5.32 Å². The fraction of sp³-hybridized carbons (Fsp3) is 0.385. The molecule has 1 N–H and O–H groups in total. The molecule has 0 aliphatic rings. The Morgan fingerprint density at radius 1 is 1.53 bits per heavy atom. The van der Waals surface area contributed by atoms with Crippen LogP contribution in [0.1, 0.15) is 30.5 Å². The van der Waals surface area contributed by atoms with Crippen molar-refractivity contribution in [3.05, 3.63) is 46.0 Å². The molecule has 1 aromatic rings. The maximum atomic E-state index is 3.97. The van der Waals surface area contributed by atoms with Gasteiger partial charge in [0.25, 0.3) is 0 Å². The average molecular weight is 268 g/mol. The van der Waals surface area contributed by atoms with Crippen LogP contribution < -0.4 is 5.32 Å². The van der Waals surface area contributed by atoms with Crippen LogP contribution in [-0.2, 0) is 0 Å². The van der Waals surface area contributed by atoms with E-state index in [4.69, 9.17) is 0 Å². The molecule has 0 aliphatic heterocycles. The van der Waals surface area contributed by atoms with Gasteiger partial charge in [0.05, 0.1) is 0 Å². The number of nitrogens with one attached hydrogen (secondary N) is 1. The average Bonchev–Trinajstić information content (AvgIpc) is 2.18. The minimum atomic E-state index is 0.344. The Kier molecular flexibility index (Phi) is 4.55. The summed E-state index contributed by atoms with van der Waals surface area (Å²) in [7, 11) is 1.99. The van der Waals surface area contributed by atoms with E-state index in [0.717, 1.165) is 10.9 Å². The number of rotatable bonds is 4. The molecule has 0 spiro atoms. The number of hydrogen-bond donors (Lipinski definition) is 1. The quantitative estimate of drug-likeness (QED) is 0.814. The van der Waals surface area contributed by atoms with E-state index in [0.29, 0.717) is 6.04 Å². The van der Waals surface area contributed by atoms with Crippen molar-refractivity contribution >= 4 is 15.9 Å². The van der Waals surface area contributed by atoms with E-state index >= 15 is 0 Å². The second kappa shape index (κ2) is 5.47. The number of halogens is 1. The monoisotopic (exact) mass is 267 g/mol. The summed E-state index contributed by atoms with van der Waals surface area (Å²) < 4.78 is 1.16. The second-order valence-corrected chi connectivity index (χ2v) is 4.88. The minimum Gasteiger partial charge on any atom is -0.313 e.